The lowest BCUT2D eigenvalue weighted by atomic mass is 10.3. The van der Waals surface area contributed by atoms with E-state index >= 15 is 0 Å². The first kappa shape index (κ1) is 14.1. The number of nitrogens with zero attached hydrogens (tertiary/aromatic N) is 1. The van der Waals surface area contributed by atoms with Crippen LogP contribution >= 0.6 is 0 Å². The Labute approximate surface area is 89.3 Å². The molecule has 0 fully saturated rings. The lowest BCUT2D eigenvalue weighted by Gasteiger charge is -2.30. The zero-order valence-electron chi connectivity index (χ0n) is 8.93. The van der Waals surface area contributed by atoms with E-state index in [-0.39, 0.29) is 6.61 Å². The molecule has 0 rings (SSSR count). The number of carbonyl (C=O) groups excluding carboxylic acids is 1. The van der Waals surface area contributed by atoms with Crippen LogP contribution < -0.4 is 0 Å². The lowest BCUT2D eigenvalue weighted by molar-refractivity contribution is -0.149. The van der Waals surface area contributed by atoms with E-state index in [4.69, 9.17) is 4.55 Å². The maximum absolute atomic E-state index is 11.5. The van der Waals surface area contributed by atoms with Gasteiger partial charge < -0.3 is 4.74 Å². The van der Waals surface area contributed by atoms with Gasteiger partial charge in [0.1, 0.15) is 6.61 Å². The van der Waals surface area contributed by atoms with Crippen molar-refractivity contribution in [2.45, 2.75) is 11.8 Å². The van der Waals surface area contributed by atoms with Crippen molar-refractivity contribution in [1.29, 1.82) is 0 Å². The molecule has 1 atom stereocenters. The predicted molar refractivity (Wildman–Crippen MR) is 54.8 cm³/mol. The minimum Gasteiger partial charge on any atom is -0.459 e. The Hall–Kier alpha value is -0.920. The summed E-state index contributed by atoms with van der Waals surface area (Å²) in [6, 6.07) is 0. The molecular formula is C8H15NO5S. The van der Waals surface area contributed by atoms with E-state index in [1.54, 1.807) is 0 Å². The fourth-order valence-corrected chi connectivity index (χ4v) is 1.52. The van der Waals surface area contributed by atoms with Crippen LogP contribution in [0.5, 0.6) is 0 Å². The van der Waals surface area contributed by atoms with Crippen molar-refractivity contribution < 1.29 is 22.5 Å². The first-order valence-electron chi connectivity index (χ1n) is 4.10. The molecule has 1 unspecified atom stereocenters. The van der Waals surface area contributed by atoms with Crippen molar-refractivity contribution in [2.75, 3.05) is 20.7 Å². The van der Waals surface area contributed by atoms with Crippen LogP contribution in [-0.4, -0.2) is 49.4 Å². The highest BCUT2D eigenvalue weighted by Crippen LogP contribution is 2.20. The third kappa shape index (κ3) is 2.77. The molecular weight excluding hydrogens is 222 g/mol. The molecule has 88 valence electrons. The second kappa shape index (κ2) is 4.73. The second-order valence-corrected chi connectivity index (χ2v) is 4.98. The van der Waals surface area contributed by atoms with Crippen molar-refractivity contribution in [3.05, 3.63) is 12.7 Å². The molecule has 0 aliphatic heterocycles. The topological polar surface area (TPSA) is 83.9 Å². The van der Waals surface area contributed by atoms with Crippen LogP contribution in [0.25, 0.3) is 0 Å². The molecule has 0 aliphatic rings. The van der Waals surface area contributed by atoms with Gasteiger partial charge in [0, 0.05) is 0 Å². The molecule has 1 N–H and O–H groups in total. The van der Waals surface area contributed by atoms with Crippen molar-refractivity contribution in [3.8, 4) is 0 Å². The van der Waals surface area contributed by atoms with Crippen LogP contribution in [0.1, 0.15) is 6.92 Å². The first-order chi connectivity index (χ1) is 6.67. The van der Waals surface area contributed by atoms with Crippen LogP contribution in [0.3, 0.4) is 0 Å². The van der Waals surface area contributed by atoms with Gasteiger partial charge in [-0.25, -0.2) is 4.79 Å². The molecule has 15 heavy (non-hydrogen) atoms. The summed E-state index contributed by atoms with van der Waals surface area (Å²) in [7, 11) is -1.88. The molecule has 0 spiro atoms. The zero-order valence-corrected chi connectivity index (χ0v) is 9.74. The summed E-state index contributed by atoms with van der Waals surface area (Å²) in [5.41, 5.74) is 0. The summed E-state index contributed by atoms with van der Waals surface area (Å²) in [6.45, 7) is 4.27. The highest BCUT2D eigenvalue weighted by molar-refractivity contribution is 7.88. The van der Waals surface area contributed by atoms with Gasteiger partial charge in [0.05, 0.1) is 0 Å². The minimum atomic E-state index is -4.58. The fourth-order valence-electron chi connectivity index (χ4n) is 0.787. The standard InChI is InChI=1S/C8H15NO5S/c1-5-6-14-7(10)8(2,9(3)4)15(11,12)13/h5H,1,6H2,2-4H3,(H,11,12,13). The van der Waals surface area contributed by atoms with Gasteiger partial charge in [0.2, 0.25) is 4.87 Å². The second-order valence-electron chi connectivity index (χ2n) is 3.24. The van der Waals surface area contributed by atoms with E-state index in [1.165, 1.54) is 20.2 Å². The van der Waals surface area contributed by atoms with Gasteiger partial charge in [-0.15, -0.1) is 0 Å². The van der Waals surface area contributed by atoms with Crippen LogP contribution in [-0.2, 0) is 19.6 Å². The fraction of sp³-hybridized carbons (Fsp3) is 0.625. The van der Waals surface area contributed by atoms with Gasteiger partial charge in [0.15, 0.2) is 0 Å². The van der Waals surface area contributed by atoms with Gasteiger partial charge in [-0.2, -0.15) is 8.42 Å². The minimum absolute atomic E-state index is 0.113. The Bertz CT molecular complexity index is 348. The number of carbonyl (C=O) groups is 1. The predicted octanol–water partition coefficient (Wildman–Crippen LogP) is -0.119. The van der Waals surface area contributed by atoms with Gasteiger partial charge in [0.25, 0.3) is 10.1 Å². The van der Waals surface area contributed by atoms with E-state index < -0.39 is 21.0 Å². The van der Waals surface area contributed by atoms with Crippen molar-refractivity contribution >= 4 is 16.1 Å². The van der Waals surface area contributed by atoms with Crippen LogP contribution in [0, 0.1) is 0 Å². The average Bonchev–Trinajstić information content (AvgIpc) is 2.10. The molecule has 0 aromatic rings. The number of likely N-dealkylation sites (N-methyl/N-ethyl adjacent to an activating group) is 1. The monoisotopic (exact) mass is 237 g/mol. The molecule has 6 nitrogen and oxygen atoms in total. The van der Waals surface area contributed by atoms with Crippen LogP contribution in [0.15, 0.2) is 12.7 Å². The molecule has 0 aliphatic carbocycles. The largest absolute Gasteiger partial charge is 0.459 e. The Morgan fingerprint density at radius 3 is 2.33 bits per heavy atom. The first-order valence-corrected chi connectivity index (χ1v) is 5.54. The third-order valence-corrected chi connectivity index (χ3v) is 3.60. The molecule has 7 heteroatoms. The maximum Gasteiger partial charge on any atom is 0.345 e. The highest BCUT2D eigenvalue weighted by Gasteiger charge is 2.49. The Morgan fingerprint density at radius 1 is 1.60 bits per heavy atom. The Balaban J connectivity index is 5.14. The zero-order chi connectivity index (χ0) is 12.3. The third-order valence-electron chi connectivity index (χ3n) is 2.07. The molecule has 0 saturated carbocycles. The number of hydrogen-bond acceptors (Lipinski definition) is 5. The molecule has 0 saturated heterocycles. The number of rotatable bonds is 5. The van der Waals surface area contributed by atoms with E-state index in [2.05, 4.69) is 11.3 Å². The van der Waals surface area contributed by atoms with Crippen molar-refractivity contribution in [2.24, 2.45) is 0 Å². The van der Waals surface area contributed by atoms with Crippen LogP contribution in [0.2, 0.25) is 0 Å². The van der Waals surface area contributed by atoms with E-state index in [0.717, 1.165) is 11.8 Å². The van der Waals surface area contributed by atoms with Crippen molar-refractivity contribution in [1.82, 2.24) is 4.90 Å². The van der Waals surface area contributed by atoms with E-state index in [9.17, 15) is 13.2 Å². The molecule has 0 heterocycles. The van der Waals surface area contributed by atoms with E-state index in [0.29, 0.717) is 0 Å². The number of ether oxygens (including phenoxy) is 1. The summed E-state index contributed by atoms with van der Waals surface area (Å²) < 4.78 is 35.8. The van der Waals surface area contributed by atoms with Crippen molar-refractivity contribution in [3.63, 3.8) is 0 Å². The van der Waals surface area contributed by atoms with Gasteiger partial charge in [-0.3, -0.25) is 9.45 Å². The summed E-state index contributed by atoms with van der Waals surface area (Å²) in [5.74, 6) is -1.05. The van der Waals surface area contributed by atoms with Gasteiger partial charge >= 0.3 is 5.97 Å². The molecule has 0 amide bonds. The summed E-state index contributed by atoms with van der Waals surface area (Å²) in [6.07, 6.45) is 1.30. The van der Waals surface area contributed by atoms with E-state index in [1.807, 2.05) is 0 Å². The maximum atomic E-state index is 11.5. The van der Waals surface area contributed by atoms with Gasteiger partial charge in [-0.1, -0.05) is 12.7 Å². The molecule has 0 aromatic carbocycles. The Morgan fingerprint density at radius 2 is 2.07 bits per heavy atom. The lowest BCUT2D eigenvalue weighted by Crippen LogP contribution is -2.55. The smallest absolute Gasteiger partial charge is 0.345 e. The Kier molecular flexibility index (Phi) is 4.44. The molecule has 0 bridgehead atoms. The van der Waals surface area contributed by atoms with Gasteiger partial charge in [-0.05, 0) is 21.0 Å². The highest BCUT2D eigenvalue weighted by atomic mass is 32.2. The number of esters is 1. The number of hydrogen-bond donors (Lipinski definition) is 1. The summed E-state index contributed by atoms with van der Waals surface area (Å²) >= 11 is 0. The normalized spacial score (nSPS) is 15.8. The van der Waals surface area contributed by atoms with Crippen LogP contribution in [0.4, 0.5) is 0 Å². The summed E-state index contributed by atoms with van der Waals surface area (Å²) in [5, 5.41) is 0. The summed E-state index contributed by atoms with van der Waals surface area (Å²) in [4.78, 5) is 10.4. The molecule has 0 radical (unpaired) electrons. The average molecular weight is 237 g/mol. The molecule has 0 aromatic heterocycles. The quantitative estimate of drug-likeness (QED) is 0.408. The SMILES string of the molecule is C=CCOC(=O)C(C)(N(C)C)S(=O)(=O)O.